The molecule has 0 saturated carbocycles. The van der Waals surface area contributed by atoms with E-state index in [-0.39, 0.29) is 25.2 Å². The number of amides is 2. The van der Waals surface area contributed by atoms with Gasteiger partial charge in [-0.25, -0.2) is 4.79 Å². The van der Waals surface area contributed by atoms with Crippen molar-refractivity contribution < 1.29 is 24.5 Å². The summed E-state index contributed by atoms with van der Waals surface area (Å²) in [5.41, 5.74) is -0.937. The van der Waals surface area contributed by atoms with Gasteiger partial charge in [0.15, 0.2) is 0 Å². The molecular formula is C14H26N2O5. The molecule has 0 aromatic heterocycles. The Hall–Kier alpha value is -1.34. The first kappa shape index (κ1) is 17.7. The number of carbonyl (C=O) groups is 2. The van der Waals surface area contributed by atoms with Crippen molar-refractivity contribution in [2.75, 3.05) is 32.9 Å². The molecule has 1 rings (SSSR count). The summed E-state index contributed by atoms with van der Waals surface area (Å²) in [5.74, 6) is -0.891. The Morgan fingerprint density at radius 2 is 1.95 bits per heavy atom. The Bertz CT molecular complexity index is 353. The number of hydrogen-bond acceptors (Lipinski definition) is 4. The van der Waals surface area contributed by atoms with E-state index in [1.165, 1.54) is 0 Å². The molecule has 7 heteroatoms. The molecule has 1 heterocycles. The fourth-order valence-electron chi connectivity index (χ4n) is 2.41. The highest BCUT2D eigenvalue weighted by molar-refractivity contribution is 5.78. The first-order chi connectivity index (χ1) is 9.93. The van der Waals surface area contributed by atoms with Gasteiger partial charge in [-0.15, -0.1) is 0 Å². The van der Waals surface area contributed by atoms with E-state index in [0.29, 0.717) is 39.0 Å². The van der Waals surface area contributed by atoms with Crippen LogP contribution in [0.25, 0.3) is 0 Å². The molecule has 1 aliphatic heterocycles. The van der Waals surface area contributed by atoms with E-state index in [1.54, 1.807) is 4.90 Å². The van der Waals surface area contributed by atoms with E-state index in [4.69, 9.17) is 9.84 Å². The lowest BCUT2D eigenvalue weighted by Crippen LogP contribution is -2.51. The van der Waals surface area contributed by atoms with Gasteiger partial charge in [-0.2, -0.15) is 0 Å². The molecule has 1 saturated heterocycles. The number of nitrogens with one attached hydrogen (secondary N) is 1. The fraction of sp³-hybridized carbons (Fsp3) is 0.857. The second kappa shape index (κ2) is 8.19. The highest BCUT2D eigenvalue weighted by atomic mass is 16.5. The molecule has 1 fully saturated rings. The van der Waals surface area contributed by atoms with Gasteiger partial charge in [-0.3, -0.25) is 4.79 Å². The number of carboxylic acids is 1. The van der Waals surface area contributed by atoms with Crippen LogP contribution in [0.2, 0.25) is 0 Å². The summed E-state index contributed by atoms with van der Waals surface area (Å²) < 4.78 is 5.21. The van der Waals surface area contributed by atoms with Crippen molar-refractivity contribution in [3.05, 3.63) is 0 Å². The van der Waals surface area contributed by atoms with Crippen LogP contribution < -0.4 is 5.32 Å². The summed E-state index contributed by atoms with van der Waals surface area (Å²) in [5, 5.41) is 21.0. The Kier molecular flexibility index (Phi) is 6.91. The van der Waals surface area contributed by atoms with E-state index in [2.05, 4.69) is 5.32 Å². The lowest BCUT2D eigenvalue weighted by atomic mass is 9.80. The molecule has 0 unspecified atom stereocenters. The number of rotatable bonds is 7. The molecule has 0 bridgehead atoms. The van der Waals surface area contributed by atoms with Crippen molar-refractivity contribution in [3.8, 4) is 0 Å². The number of aliphatic hydroxyl groups excluding tert-OH is 1. The van der Waals surface area contributed by atoms with Crippen molar-refractivity contribution >= 4 is 12.0 Å². The Labute approximate surface area is 125 Å². The summed E-state index contributed by atoms with van der Waals surface area (Å²) >= 11 is 0. The molecule has 3 N–H and O–H groups in total. The van der Waals surface area contributed by atoms with Crippen LogP contribution in [0.15, 0.2) is 0 Å². The van der Waals surface area contributed by atoms with Gasteiger partial charge in [0, 0.05) is 39.0 Å². The second-order valence-corrected chi connectivity index (χ2v) is 5.72. The molecule has 0 spiro atoms. The number of carbonyl (C=O) groups excluding carboxylic acids is 1. The fourth-order valence-corrected chi connectivity index (χ4v) is 2.41. The average Bonchev–Trinajstić information content (AvgIpc) is 2.46. The predicted molar refractivity (Wildman–Crippen MR) is 77.1 cm³/mol. The molecule has 0 aliphatic carbocycles. The zero-order valence-electron chi connectivity index (χ0n) is 12.8. The molecule has 7 nitrogen and oxygen atoms in total. The lowest BCUT2D eigenvalue weighted by molar-refractivity contribution is -0.154. The van der Waals surface area contributed by atoms with Gasteiger partial charge in [-0.1, -0.05) is 0 Å². The first-order valence-corrected chi connectivity index (χ1v) is 7.39. The number of ether oxygens (including phenoxy) is 1. The van der Waals surface area contributed by atoms with Crippen LogP contribution in [0.5, 0.6) is 0 Å². The third kappa shape index (κ3) is 4.86. The number of aliphatic carboxylic acids is 1. The van der Waals surface area contributed by atoms with E-state index in [9.17, 15) is 14.7 Å². The maximum Gasteiger partial charge on any atom is 0.317 e. The highest BCUT2D eigenvalue weighted by Crippen LogP contribution is 2.30. The van der Waals surface area contributed by atoms with Crippen LogP contribution in [0.3, 0.4) is 0 Å². The first-order valence-electron chi connectivity index (χ1n) is 7.39. The summed E-state index contributed by atoms with van der Waals surface area (Å²) in [4.78, 5) is 25.3. The van der Waals surface area contributed by atoms with Crippen LogP contribution in [0.4, 0.5) is 4.79 Å². The number of hydrogen-bond donors (Lipinski definition) is 3. The van der Waals surface area contributed by atoms with Crippen molar-refractivity contribution in [1.82, 2.24) is 10.2 Å². The monoisotopic (exact) mass is 302 g/mol. The molecule has 21 heavy (non-hydrogen) atoms. The topological polar surface area (TPSA) is 99.1 Å². The van der Waals surface area contributed by atoms with Crippen molar-refractivity contribution in [2.45, 2.75) is 39.2 Å². The normalized spacial score (nSPS) is 17.5. The minimum Gasteiger partial charge on any atom is -0.481 e. The molecule has 122 valence electrons. The summed E-state index contributed by atoms with van der Waals surface area (Å²) in [6, 6.07) is -0.294. The van der Waals surface area contributed by atoms with Crippen LogP contribution in [0, 0.1) is 5.41 Å². The lowest BCUT2D eigenvalue weighted by Gasteiger charge is -2.34. The van der Waals surface area contributed by atoms with Gasteiger partial charge in [0.2, 0.25) is 0 Å². The highest BCUT2D eigenvalue weighted by Gasteiger charge is 2.40. The third-order valence-corrected chi connectivity index (χ3v) is 3.92. The number of urea groups is 1. The molecule has 2 amide bonds. The summed E-state index contributed by atoms with van der Waals surface area (Å²) in [6.45, 7) is 5.15. The number of nitrogens with zero attached hydrogens (tertiary/aromatic N) is 1. The maximum absolute atomic E-state index is 12.2. The van der Waals surface area contributed by atoms with Crippen molar-refractivity contribution in [1.29, 1.82) is 0 Å². The van der Waals surface area contributed by atoms with Crippen LogP contribution in [0.1, 0.15) is 33.1 Å². The summed E-state index contributed by atoms with van der Waals surface area (Å²) in [6.07, 6.45) is 1.31. The Morgan fingerprint density at radius 3 is 2.43 bits per heavy atom. The van der Waals surface area contributed by atoms with Crippen LogP contribution >= 0.6 is 0 Å². The third-order valence-electron chi connectivity index (χ3n) is 3.92. The minimum absolute atomic E-state index is 0.00739. The quantitative estimate of drug-likeness (QED) is 0.642. The zero-order chi connectivity index (χ0) is 15.9. The van der Waals surface area contributed by atoms with Gasteiger partial charge >= 0.3 is 12.0 Å². The van der Waals surface area contributed by atoms with Crippen LogP contribution in [-0.4, -0.2) is 66.1 Å². The predicted octanol–water partition coefficient (Wildman–Crippen LogP) is 0.670. The smallest absolute Gasteiger partial charge is 0.317 e. The zero-order valence-corrected chi connectivity index (χ0v) is 12.8. The number of aliphatic hydroxyl groups is 1. The Balaban J connectivity index is 2.61. The van der Waals surface area contributed by atoms with Gasteiger partial charge < -0.3 is 25.2 Å². The van der Waals surface area contributed by atoms with E-state index < -0.39 is 11.4 Å². The van der Waals surface area contributed by atoms with Gasteiger partial charge in [0.05, 0.1) is 5.41 Å². The van der Waals surface area contributed by atoms with E-state index in [0.717, 1.165) is 0 Å². The van der Waals surface area contributed by atoms with Gasteiger partial charge in [-0.05, 0) is 33.1 Å². The second-order valence-electron chi connectivity index (χ2n) is 5.72. The molecule has 0 aromatic rings. The molecule has 1 aliphatic rings. The van der Waals surface area contributed by atoms with Crippen LogP contribution in [-0.2, 0) is 9.53 Å². The summed E-state index contributed by atoms with van der Waals surface area (Å²) in [7, 11) is 0. The average molecular weight is 302 g/mol. The van der Waals surface area contributed by atoms with Crippen molar-refractivity contribution in [2.24, 2.45) is 5.41 Å². The SMILES string of the molecule is CC(C)N(CCCO)C(=O)NCC1(C(=O)O)CCOCC1. The molecule has 0 aromatic carbocycles. The minimum atomic E-state index is -0.937. The largest absolute Gasteiger partial charge is 0.481 e. The standard InChI is InChI=1S/C14H26N2O5/c1-11(2)16(6-3-7-17)13(20)15-10-14(12(18)19)4-8-21-9-5-14/h11,17H,3-10H2,1-2H3,(H,15,20)(H,18,19). The van der Waals surface area contributed by atoms with E-state index >= 15 is 0 Å². The van der Waals surface area contributed by atoms with Gasteiger partial charge in [0.25, 0.3) is 0 Å². The molecule has 0 radical (unpaired) electrons. The maximum atomic E-state index is 12.2. The molecule has 0 atom stereocenters. The van der Waals surface area contributed by atoms with Crippen molar-refractivity contribution in [3.63, 3.8) is 0 Å². The Morgan fingerprint density at radius 1 is 1.33 bits per heavy atom. The number of carboxylic acid groups (broad SMARTS) is 1. The van der Waals surface area contributed by atoms with Gasteiger partial charge in [0.1, 0.15) is 0 Å². The molecular weight excluding hydrogens is 276 g/mol. The van der Waals surface area contributed by atoms with E-state index in [1.807, 2.05) is 13.8 Å².